The number of carbonyl (C=O) groups is 1. The van der Waals surface area contributed by atoms with Gasteiger partial charge >= 0.3 is 0 Å². The maximum atomic E-state index is 12.3. The van der Waals surface area contributed by atoms with Crippen LogP contribution in [0.2, 0.25) is 5.02 Å². The number of benzene rings is 1. The second-order valence-corrected chi connectivity index (χ2v) is 6.19. The van der Waals surface area contributed by atoms with E-state index in [0.29, 0.717) is 10.6 Å². The Labute approximate surface area is 123 Å². The molecule has 1 fully saturated rings. The summed E-state index contributed by atoms with van der Waals surface area (Å²) in [7, 11) is 0. The predicted octanol–water partition coefficient (Wildman–Crippen LogP) is 3.40. The molecule has 1 aliphatic rings. The highest BCUT2D eigenvalue weighted by Crippen LogP contribution is 2.22. The lowest BCUT2D eigenvalue weighted by molar-refractivity contribution is 0.0939. The van der Waals surface area contributed by atoms with Crippen LogP contribution in [-0.4, -0.2) is 30.0 Å². The molecular formula is C14H19ClN2OS. The van der Waals surface area contributed by atoms with Gasteiger partial charge in [0.2, 0.25) is 0 Å². The summed E-state index contributed by atoms with van der Waals surface area (Å²) < 4.78 is 0. The summed E-state index contributed by atoms with van der Waals surface area (Å²) in [5.41, 5.74) is 1.47. The van der Waals surface area contributed by atoms with E-state index < -0.39 is 0 Å². The number of amides is 1. The summed E-state index contributed by atoms with van der Waals surface area (Å²) in [5, 5.41) is 6.89. The fourth-order valence-corrected chi connectivity index (χ4v) is 3.41. The molecule has 0 radical (unpaired) electrons. The Hall–Kier alpha value is -0.870. The summed E-state index contributed by atoms with van der Waals surface area (Å²) in [4.78, 5) is 12.3. The largest absolute Gasteiger partial charge is 0.385 e. The number of hydrogen-bond acceptors (Lipinski definition) is 3. The quantitative estimate of drug-likeness (QED) is 0.895. The third kappa shape index (κ3) is 4.05. The number of thioether (sulfide) groups is 1. The molecule has 104 valence electrons. The van der Waals surface area contributed by atoms with Gasteiger partial charge in [0.1, 0.15) is 0 Å². The van der Waals surface area contributed by atoms with Crippen molar-refractivity contribution < 1.29 is 4.79 Å². The van der Waals surface area contributed by atoms with Crippen molar-refractivity contribution in [3.05, 3.63) is 28.8 Å². The number of nitrogens with one attached hydrogen (secondary N) is 2. The molecule has 1 aliphatic heterocycles. The van der Waals surface area contributed by atoms with Gasteiger partial charge in [-0.15, -0.1) is 0 Å². The van der Waals surface area contributed by atoms with E-state index in [1.165, 1.54) is 12.2 Å². The molecule has 1 unspecified atom stereocenters. The Bertz CT molecular complexity index is 447. The molecule has 0 aromatic heterocycles. The van der Waals surface area contributed by atoms with Crippen LogP contribution in [0.4, 0.5) is 5.69 Å². The van der Waals surface area contributed by atoms with Crippen molar-refractivity contribution >= 4 is 35.0 Å². The zero-order chi connectivity index (χ0) is 13.7. The molecule has 3 nitrogen and oxygen atoms in total. The van der Waals surface area contributed by atoms with Crippen molar-refractivity contribution in [2.75, 3.05) is 23.4 Å². The van der Waals surface area contributed by atoms with Crippen molar-refractivity contribution in [3.63, 3.8) is 0 Å². The van der Waals surface area contributed by atoms with E-state index in [1.807, 2.05) is 24.8 Å². The van der Waals surface area contributed by atoms with E-state index >= 15 is 0 Å². The minimum absolute atomic E-state index is 0.0362. The summed E-state index contributed by atoms with van der Waals surface area (Å²) in [6.45, 7) is 2.79. The number of rotatable bonds is 4. The normalized spacial score (nSPS) is 18.9. The highest BCUT2D eigenvalue weighted by Gasteiger charge is 2.19. The van der Waals surface area contributed by atoms with Crippen LogP contribution in [-0.2, 0) is 0 Å². The molecule has 1 atom stereocenters. The van der Waals surface area contributed by atoms with E-state index in [0.717, 1.165) is 24.4 Å². The Balaban J connectivity index is 2.10. The first kappa shape index (κ1) is 14.5. The lowest BCUT2D eigenvalue weighted by atomic mass is 10.1. The number of carbonyl (C=O) groups excluding carboxylic acids is 1. The molecular weight excluding hydrogens is 280 g/mol. The lowest BCUT2D eigenvalue weighted by Crippen LogP contribution is -2.38. The first-order chi connectivity index (χ1) is 9.20. The van der Waals surface area contributed by atoms with E-state index in [2.05, 4.69) is 10.6 Å². The molecule has 1 aromatic carbocycles. The van der Waals surface area contributed by atoms with Gasteiger partial charge in [-0.25, -0.2) is 0 Å². The minimum Gasteiger partial charge on any atom is -0.385 e. The second-order valence-electron chi connectivity index (χ2n) is 4.61. The Morgan fingerprint density at radius 1 is 1.53 bits per heavy atom. The third-order valence-electron chi connectivity index (χ3n) is 3.09. The third-order valence-corrected chi connectivity index (χ3v) is 4.54. The van der Waals surface area contributed by atoms with Crippen LogP contribution >= 0.6 is 23.4 Å². The van der Waals surface area contributed by atoms with Gasteiger partial charge in [0.25, 0.3) is 5.91 Å². The van der Waals surface area contributed by atoms with E-state index in [1.54, 1.807) is 12.1 Å². The smallest absolute Gasteiger partial charge is 0.253 e. The van der Waals surface area contributed by atoms with Gasteiger partial charge in [-0.05, 0) is 43.7 Å². The van der Waals surface area contributed by atoms with Gasteiger partial charge in [-0.3, -0.25) is 4.79 Å². The summed E-state index contributed by atoms with van der Waals surface area (Å²) in [5.74, 6) is 2.17. The number of halogens is 1. The molecule has 1 amide bonds. The van der Waals surface area contributed by atoms with Gasteiger partial charge in [-0.2, -0.15) is 11.8 Å². The van der Waals surface area contributed by atoms with Gasteiger partial charge < -0.3 is 10.6 Å². The van der Waals surface area contributed by atoms with Crippen LogP contribution in [0.25, 0.3) is 0 Å². The van der Waals surface area contributed by atoms with Crippen LogP contribution in [0.5, 0.6) is 0 Å². The predicted molar refractivity (Wildman–Crippen MR) is 83.4 cm³/mol. The van der Waals surface area contributed by atoms with E-state index in [-0.39, 0.29) is 11.9 Å². The Morgan fingerprint density at radius 3 is 3.05 bits per heavy atom. The zero-order valence-electron chi connectivity index (χ0n) is 11.0. The maximum absolute atomic E-state index is 12.3. The standard InChI is InChI=1S/C14H19ClN2OS/c1-2-16-13-6-5-10(15)8-12(13)14(18)17-11-4-3-7-19-9-11/h5-6,8,11,16H,2-4,7,9H2,1H3,(H,17,18). The SMILES string of the molecule is CCNc1ccc(Cl)cc1C(=O)NC1CCCSC1. The Morgan fingerprint density at radius 2 is 2.37 bits per heavy atom. The van der Waals surface area contributed by atoms with Crippen molar-refractivity contribution in [1.82, 2.24) is 5.32 Å². The van der Waals surface area contributed by atoms with Crippen LogP contribution in [0.3, 0.4) is 0 Å². The minimum atomic E-state index is -0.0362. The fraction of sp³-hybridized carbons (Fsp3) is 0.500. The average molecular weight is 299 g/mol. The van der Waals surface area contributed by atoms with Gasteiger partial charge in [0.15, 0.2) is 0 Å². The van der Waals surface area contributed by atoms with Crippen molar-refractivity contribution in [2.45, 2.75) is 25.8 Å². The maximum Gasteiger partial charge on any atom is 0.253 e. The summed E-state index contributed by atoms with van der Waals surface area (Å²) >= 11 is 7.89. The average Bonchev–Trinajstić information content (AvgIpc) is 2.42. The second kappa shape index (κ2) is 7.06. The molecule has 1 aromatic rings. The van der Waals surface area contributed by atoms with Crippen LogP contribution in [0.1, 0.15) is 30.1 Å². The topological polar surface area (TPSA) is 41.1 Å². The highest BCUT2D eigenvalue weighted by atomic mass is 35.5. The monoisotopic (exact) mass is 298 g/mol. The summed E-state index contributed by atoms with van der Waals surface area (Å²) in [6, 6.07) is 5.66. The van der Waals surface area contributed by atoms with Crippen LogP contribution < -0.4 is 10.6 Å². The molecule has 5 heteroatoms. The van der Waals surface area contributed by atoms with Crippen LogP contribution in [0.15, 0.2) is 18.2 Å². The summed E-state index contributed by atoms with van der Waals surface area (Å²) in [6.07, 6.45) is 2.24. The number of hydrogen-bond donors (Lipinski definition) is 2. The fourth-order valence-electron chi connectivity index (χ4n) is 2.17. The molecule has 0 aliphatic carbocycles. The molecule has 2 N–H and O–H groups in total. The van der Waals surface area contributed by atoms with Gasteiger partial charge in [0.05, 0.1) is 5.56 Å². The molecule has 0 spiro atoms. The molecule has 0 bridgehead atoms. The number of anilines is 1. The van der Waals surface area contributed by atoms with Crippen molar-refractivity contribution in [2.24, 2.45) is 0 Å². The first-order valence-corrected chi connectivity index (χ1v) is 8.16. The molecule has 1 heterocycles. The Kier molecular flexibility index (Phi) is 5.40. The molecule has 2 rings (SSSR count). The van der Waals surface area contributed by atoms with Crippen molar-refractivity contribution in [1.29, 1.82) is 0 Å². The lowest BCUT2D eigenvalue weighted by Gasteiger charge is -2.23. The molecule has 19 heavy (non-hydrogen) atoms. The molecule has 0 saturated carbocycles. The van der Waals surface area contributed by atoms with Crippen LogP contribution in [0, 0.1) is 0 Å². The zero-order valence-corrected chi connectivity index (χ0v) is 12.6. The van der Waals surface area contributed by atoms with E-state index in [4.69, 9.17) is 11.6 Å². The molecule has 1 saturated heterocycles. The first-order valence-electron chi connectivity index (χ1n) is 6.62. The van der Waals surface area contributed by atoms with Gasteiger partial charge in [-0.1, -0.05) is 11.6 Å². The van der Waals surface area contributed by atoms with Crippen molar-refractivity contribution in [3.8, 4) is 0 Å². The highest BCUT2D eigenvalue weighted by molar-refractivity contribution is 7.99. The van der Waals surface area contributed by atoms with E-state index in [9.17, 15) is 4.79 Å². The van der Waals surface area contributed by atoms with Gasteiger partial charge in [0, 0.05) is 29.0 Å².